The molecular weight excluding hydrogens is 288 g/mol. The minimum absolute atomic E-state index is 0.0822. The molecule has 1 saturated carbocycles. The predicted molar refractivity (Wildman–Crippen MR) is 71.2 cm³/mol. The number of benzene rings is 1. The number of hydrogen-bond donors (Lipinski definition) is 2. The van der Waals surface area contributed by atoms with Gasteiger partial charge in [-0.25, -0.2) is 0 Å². The van der Waals surface area contributed by atoms with Crippen LogP contribution in [0.4, 0.5) is 14.5 Å². The number of anilines is 1. The third kappa shape index (κ3) is 2.60. The third-order valence-electron chi connectivity index (χ3n) is 3.49. The number of aliphatic hydroxyl groups is 1. The minimum Gasteiger partial charge on any atom is -0.383 e. The highest BCUT2D eigenvalue weighted by atomic mass is 32.2. The summed E-state index contributed by atoms with van der Waals surface area (Å²) in [5, 5.41) is 11.7. The maximum atomic E-state index is 13.8. The Labute approximate surface area is 117 Å². The summed E-state index contributed by atoms with van der Waals surface area (Å²) in [6.45, 7) is 0. The topological polar surface area (TPSA) is 66.4 Å². The van der Waals surface area contributed by atoms with Gasteiger partial charge in [0.25, 0.3) is 5.91 Å². The van der Waals surface area contributed by atoms with Crippen molar-refractivity contribution < 1.29 is 22.9 Å². The van der Waals surface area contributed by atoms with E-state index in [1.807, 2.05) is 0 Å². The normalized spacial score (nSPS) is 19.0. The van der Waals surface area contributed by atoms with Gasteiger partial charge in [-0.05, 0) is 43.5 Å². The molecule has 0 aliphatic heterocycles. The van der Waals surface area contributed by atoms with Crippen LogP contribution >= 0.6 is 0 Å². The number of amides is 1. The van der Waals surface area contributed by atoms with E-state index < -0.39 is 28.2 Å². The lowest BCUT2D eigenvalue weighted by atomic mass is 9.75. The molecule has 1 unspecified atom stereocenters. The van der Waals surface area contributed by atoms with Crippen molar-refractivity contribution in [2.75, 3.05) is 11.6 Å². The highest BCUT2D eigenvalue weighted by molar-refractivity contribution is 7.84. The van der Waals surface area contributed by atoms with Crippen molar-refractivity contribution in [3.05, 3.63) is 24.3 Å². The van der Waals surface area contributed by atoms with E-state index in [9.17, 15) is 22.9 Å². The second-order valence-corrected chi connectivity index (χ2v) is 6.27. The van der Waals surface area contributed by atoms with Crippen molar-refractivity contribution in [2.45, 2.75) is 35.7 Å². The zero-order valence-corrected chi connectivity index (χ0v) is 11.7. The summed E-state index contributed by atoms with van der Waals surface area (Å²) >= 11 is 0. The first-order valence-corrected chi connectivity index (χ1v) is 7.67. The van der Waals surface area contributed by atoms with Crippen molar-refractivity contribution in [1.82, 2.24) is 0 Å². The summed E-state index contributed by atoms with van der Waals surface area (Å²) in [6, 6.07) is 5.77. The summed E-state index contributed by atoms with van der Waals surface area (Å²) in [5.41, 5.74) is -2.06. The molecule has 1 amide bonds. The van der Waals surface area contributed by atoms with Gasteiger partial charge in [0.15, 0.2) is 0 Å². The molecule has 110 valence electrons. The molecule has 1 atom stereocenters. The second-order valence-electron chi connectivity index (χ2n) is 4.89. The molecule has 0 saturated heterocycles. The highest BCUT2D eigenvalue weighted by Crippen LogP contribution is 2.44. The SMILES string of the molecule is CS(=O)c1ccc(NC(=O)C(F)(F)C2(O)CCC2)cc1. The Kier molecular flexibility index (Phi) is 3.93. The molecule has 0 heterocycles. The van der Waals surface area contributed by atoms with E-state index >= 15 is 0 Å². The van der Waals surface area contributed by atoms with Crippen molar-refractivity contribution in [3.63, 3.8) is 0 Å². The van der Waals surface area contributed by atoms with Crippen LogP contribution in [-0.2, 0) is 15.6 Å². The van der Waals surface area contributed by atoms with Crippen LogP contribution < -0.4 is 5.32 Å². The van der Waals surface area contributed by atoms with Crippen LogP contribution in [0.5, 0.6) is 0 Å². The molecule has 2 rings (SSSR count). The number of halogens is 2. The summed E-state index contributed by atoms with van der Waals surface area (Å²) in [4.78, 5) is 12.1. The molecular formula is C13H15F2NO3S. The number of nitrogens with one attached hydrogen (secondary N) is 1. The Morgan fingerprint density at radius 2 is 1.90 bits per heavy atom. The maximum absolute atomic E-state index is 13.8. The van der Waals surface area contributed by atoms with Gasteiger partial charge in [0.2, 0.25) is 0 Å². The average molecular weight is 303 g/mol. The lowest BCUT2D eigenvalue weighted by Gasteiger charge is -2.41. The lowest BCUT2D eigenvalue weighted by molar-refractivity contribution is -0.212. The van der Waals surface area contributed by atoms with Crippen LogP contribution in [0.2, 0.25) is 0 Å². The number of carbonyl (C=O) groups excluding carboxylic acids is 1. The summed E-state index contributed by atoms with van der Waals surface area (Å²) < 4.78 is 38.8. The van der Waals surface area contributed by atoms with Gasteiger partial charge in [-0.3, -0.25) is 9.00 Å². The van der Waals surface area contributed by atoms with Gasteiger partial charge < -0.3 is 10.4 Å². The van der Waals surface area contributed by atoms with Crippen LogP contribution in [0, 0.1) is 0 Å². The molecule has 2 N–H and O–H groups in total. The Balaban J connectivity index is 2.09. The van der Waals surface area contributed by atoms with E-state index in [2.05, 4.69) is 5.32 Å². The van der Waals surface area contributed by atoms with Crippen molar-refractivity contribution in [2.24, 2.45) is 0 Å². The van der Waals surface area contributed by atoms with Crippen molar-refractivity contribution >= 4 is 22.4 Å². The molecule has 1 aromatic carbocycles. The summed E-state index contributed by atoms with van der Waals surface area (Å²) in [7, 11) is -1.17. The molecule has 4 nitrogen and oxygen atoms in total. The molecule has 1 fully saturated rings. The van der Waals surface area contributed by atoms with E-state index in [0.717, 1.165) is 0 Å². The van der Waals surface area contributed by atoms with E-state index in [-0.39, 0.29) is 18.5 Å². The molecule has 7 heteroatoms. The standard InChI is InChI=1S/C13H15F2NO3S/c1-20(19)10-5-3-9(4-6-10)16-11(17)13(14,15)12(18)7-2-8-12/h3-6,18H,2,7-8H2,1H3,(H,16,17). The summed E-state index contributed by atoms with van der Waals surface area (Å²) in [5.74, 6) is -5.35. The fourth-order valence-electron chi connectivity index (χ4n) is 1.98. The fraction of sp³-hybridized carbons (Fsp3) is 0.462. The zero-order chi connectivity index (χ0) is 15.0. The zero-order valence-electron chi connectivity index (χ0n) is 10.9. The molecule has 20 heavy (non-hydrogen) atoms. The number of carbonyl (C=O) groups is 1. The molecule has 1 aliphatic rings. The van der Waals surface area contributed by atoms with Crippen LogP contribution in [0.3, 0.4) is 0 Å². The first-order valence-electron chi connectivity index (χ1n) is 6.11. The smallest absolute Gasteiger partial charge is 0.352 e. The summed E-state index contributed by atoms with van der Waals surface area (Å²) in [6.07, 6.45) is 1.81. The molecule has 0 bridgehead atoms. The van der Waals surface area contributed by atoms with Crippen molar-refractivity contribution in [1.29, 1.82) is 0 Å². The Morgan fingerprint density at radius 1 is 1.35 bits per heavy atom. The van der Waals surface area contributed by atoms with Gasteiger partial charge in [-0.15, -0.1) is 0 Å². The quantitative estimate of drug-likeness (QED) is 0.893. The van der Waals surface area contributed by atoms with Gasteiger partial charge in [0.05, 0.1) is 0 Å². The van der Waals surface area contributed by atoms with Crippen molar-refractivity contribution in [3.8, 4) is 0 Å². The lowest BCUT2D eigenvalue weighted by Crippen LogP contribution is -2.59. The van der Waals surface area contributed by atoms with Gasteiger partial charge in [-0.1, -0.05) is 0 Å². The molecule has 0 spiro atoms. The highest BCUT2D eigenvalue weighted by Gasteiger charge is 2.61. The van der Waals surface area contributed by atoms with Crippen LogP contribution in [0.15, 0.2) is 29.2 Å². The van der Waals surface area contributed by atoms with E-state index in [1.165, 1.54) is 30.5 Å². The first-order chi connectivity index (χ1) is 9.26. The second kappa shape index (κ2) is 5.21. The fourth-order valence-corrected chi connectivity index (χ4v) is 2.50. The Morgan fingerprint density at radius 3 is 2.30 bits per heavy atom. The molecule has 1 aliphatic carbocycles. The van der Waals surface area contributed by atoms with E-state index in [4.69, 9.17) is 0 Å². The van der Waals surface area contributed by atoms with E-state index in [0.29, 0.717) is 11.3 Å². The first kappa shape index (κ1) is 15.1. The largest absolute Gasteiger partial charge is 0.383 e. The minimum atomic E-state index is -3.82. The van der Waals surface area contributed by atoms with Gasteiger partial charge in [0, 0.05) is 27.6 Å². The third-order valence-corrected chi connectivity index (χ3v) is 4.43. The predicted octanol–water partition coefficient (Wildman–Crippen LogP) is 1.91. The van der Waals surface area contributed by atoms with E-state index in [1.54, 1.807) is 0 Å². The Bertz CT molecular complexity index is 541. The molecule has 0 radical (unpaired) electrons. The molecule has 1 aromatic rings. The number of alkyl halides is 2. The maximum Gasteiger partial charge on any atom is 0.352 e. The number of hydrogen-bond acceptors (Lipinski definition) is 3. The van der Waals surface area contributed by atoms with Gasteiger partial charge in [-0.2, -0.15) is 8.78 Å². The van der Waals surface area contributed by atoms with Crippen LogP contribution in [0.1, 0.15) is 19.3 Å². The Hall–Kier alpha value is -1.34. The van der Waals surface area contributed by atoms with Gasteiger partial charge in [0.1, 0.15) is 5.60 Å². The van der Waals surface area contributed by atoms with Crippen LogP contribution in [-0.4, -0.2) is 33.0 Å². The average Bonchev–Trinajstić information content (AvgIpc) is 2.36. The monoisotopic (exact) mass is 303 g/mol. The van der Waals surface area contributed by atoms with Gasteiger partial charge >= 0.3 is 5.92 Å². The number of rotatable bonds is 4. The van der Waals surface area contributed by atoms with Crippen LogP contribution in [0.25, 0.3) is 0 Å². The molecule has 0 aromatic heterocycles.